The monoisotopic (exact) mass is 187 g/mol. The Hall–Kier alpha value is -1.01. The van der Waals surface area contributed by atoms with Crippen LogP contribution in [-0.4, -0.2) is 34.4 Å². The van der Waals surface area contributed by atoms with Crippen LogP contribution in [-0.2, 0) is 4.79 Å². The Labute approximate surface area is 73.7 Å². The highest BCUT2D eigenvalue weighted by molar-refractivity contribution is 7.13. The van der Waals surface area contributed by atoms with Crippen molar-refractivity contribution in [2.45, 2.75) is 13.0 Å². The molecule has 1 rings (SSSR count). The summed E-state index contributed by atoms with van der Waals surface area (Å²) < 4.78 is 0. The van der Waals surface area contributed by atoms with Gasteiger partial charge >= 0.3 is 0 Å². The summed E-state index contributed by atoms with van der Waals surface area (Å²) in [5.74, 6) is -0.383. The Kier molecular flexibility index (Phi) is 2.72. The highest BCUT2D eigenvalue weighted by Gasteiger charge is 2.17. The van der Waals surface area contributed by atoms with E-state index in [1.54, 1.807) is 7.05 Å². The largest absolute Gasteiger partial charge is 0.384 e. The summed E-state index contributed by atoms with van der Waals surface area (Å²) in [5, 5.41) is 16.7. The van der Waals surface area contributed by atoms with E-state index in [1.165, 1.54) is 28.7 Å². The third-order valence-corrected chi connectivity index (χ3v) is 2.09. The highest BCUT2D eigenvalue weighted by atomic mass is 32.1. The van der Waals surface area contributed by atoms with Gasteiger partial charge < -0.3 is 5.11 Å². The number of aliphatic hydroxyl groups is 1. The van der Waals surface area contributed by atoms with Gasteiger partial charge in [-0.05, 0) is 6.92 Å². The Morgan fingerprint density at radius 2 is 2.50 bits per heavy atom. The van der Waals surface area contributed by atoms with Gasteiger partial charge in [0.25, 0.3) is 5.91 Å². The zero-order valence-corrected chi connectivity index (χ0v) is 7.58. The van der Waals surface area contributed by atoms with Crippen LogP contribution in [0, 0.1) is 0 Å². The maximum Gasteiger partial charge on any atom is 0.257 e. The third-order valence-electron chi connectivity index (χ3n) is 1.32. The van der Waals surface area contributed by atoms with Gasteiger partial charge in [-0.3, -0.25) is 9.69 Å². The molecule has 0 spiro atoms. The molecule has 66 valence electrons. The van der Waals surface area contributed by atoms with Crippen LogP contribution in [0.4, 0.5) is 5.13 Å². The molecule has 0 bridgehead atoms. The van der Waals surface area contributed by atoms with Crippen LogP contribution in [0.1, 0.15) is 6.92 Å². The second kappa shape index (κ2) is 3.59. The summed E-state index contributed by atoms with van der Waals surface area (Å²) in [6.45, 7) is 1.42. The van der Waals surface area contributed by atoms with Crippen molar-refractivity contribution in [3.05, 3.63) is 5.51 Å². The molecule has 1 amide bonds. The van der Waals surface area contributed by atoms with Gasteiger partial charge in [0.1, 0.15) is 11.6 Å². The van der Waals surface area contributed by atoms with Crippen molar-refractivity contribution in [2.24, 2.45) is 0 Å². The van der Waals surface area contributed by atoms with E-state index in [0.717, 1.165) is 0 Å². The first kappa shape index (κ1) is 9.08. The minimum absolute atomic E-state index is 0.383. The van der Waals surface area contributed by atoms with Crippen molar-refractivity contribution in [2.75, 3.05) is 11.9 Å². The quantitative estimate of drug-likeness (QED) is 0.701. The summed E-state index contributed by atoms with van der Waals surface area (Å²) in [5.41, 5.74) is 1.53. The Morgan fingerprint density at radius 1 is 1.83 bits per heavy atom. The molecule has 1 aromatic rings. The predicted octanol–water partition coefficient (Wildman–Crippen LogP) is -0.118. The lowest BCUT2D eigenvalue weighted by Crippen LogP contribution is -2.34. The molecule has 6 heteroatoms. The molecule has 1 heterocycles. The second-order valence-electron chi connectivity index (χ2n) is 2.29. The lowest BCUT2D eigenvalue weighted by atomic mass is 10.4. The van der Waals surface area contributed by atoms with Gasteiger partial charge in [0.15, 0.2) is 0 Å². The van der Waals surface area contributed by atoms with Crippen molar-refractivity contribution in [1.29, 1.82) is 0 Å². The fourth-order valence-corrected chi connectivity index (χ4v) is 1.22. The van der Waals surface area contributed by atoms with Gasteiger partial charge in [0, 0.05) is 7.05 Å². The molecule has 0 saturated carbocycles. The number of nitrogens with zero attached hydrogens (tertiary/aromatic N) is 3. The SMILES string of the molecule is C[C@H](O)C(=O)N(C)c1nncs1. The van der Waals surface area contributed by atoms with Crippen LogP contribution in [0.15, 0.2) is 5.51 Å². The van der Waals surface area contributed by atoms with E-state index in [2.05, 4.69) is 10.2 Å². The Morgan fingerprint density at radius 3 is 2.92 bits per heavy atom. The van der Waals surface area contributed by atoms with E-state index < -0.39 is 6.10 Å². The van der Waals surface area contributed by atoms with Crippen molar-refractivity contribution in [3.63, 3.8) is 0 Å². The fraction of sp³-hybridized carbons (Fsp3) is 0.500. The molecule has 0 saturated heterocycles. The van der Waals surface area contributed by atoms with Crippen LogP contribution < -0.4 is 4.90 Å². The molecule has 12 heavy (non-hydrogen) atoms. The summed E-state index contributed by atoms with van der Waals surface area (Å²) in [4.78, 5) is 12.4. The Balaban J connectivity index is 2.72. The van der Waals surface area contributed by atoms with E-state index in [1.807, 2.05) is 0 Å². The minimum Gasteiger partial charge on any atom is -0.384 e. The maximum atomic E-state index is 11.2. The molecule has 1 atom stereocenters. The van der Waals surface area contributed by atoms with E-state index in [4.69, 9.17) is 5.11 Å². The molecule has 1 N–H and O–H groups in total. The summed E-state index contributed by atoms with van der Waals surface area (Å²) in [6.07, 6.45) is -1.00. The fourth-order valence-electron chi connectivity index (χ4n) is 0.688. The van der Waals surface area contributed by atoms with Crippen molar-refractivity contribution >= 4 is 22.4 Å². The molecular weight excluding hydrogens is 178 g/mol. The predicted molar refractivity (Wildman–Crippen MR) is 45.0 cm³/mol. The van der Waals surface area contributed by atoms with Gasteiger partial charge in [0.2, 0.25) is 5.13 Å². The third kappa shape index (κ3) is 1.77. The number of aromatic nitrogens is 2. The van der Waals surface area contributed by atoms with E-state index in [0.29, 0.717) is 5.13 Å². The number of amides is 1. The average molecular weight is 187 g/mol. The van der Waals surface area contributed by atoms with Crippen molar-refractivity contribution in [3.8, 4) is 0 Å². The van der Waals surface area contributed by atoms with Crippen LogP contribution in [0.3, 0.4) is 0 Å². The summed E-state index contributed by atoms with van der Waals surface area (Å²) in [7, 11) is 1.55. The molecule has 0 fully saturated rings. The molecule has 1 aromatic heterocycles. The molecule has 5 nitrogen and oxygen atoms in total. The number of likely N-dealkylation sites (N-methyl/N-ethyl adjacent to an activating group) is 1. The number of hydrogen-bond acceptors (Lipinski definition) is 5. The van der Waals surface area contributed by atoms with Gasteiger partial charge in [-0.25, -0.2) is 0 Å². The number of carbonyl (C=O) groups excluding carboxylic acids is 1. The van der Waals surface area contributed by atoms with Gasteiger partial charge in [-0.2, -0.15) is 0 Å². The first-order valence-electron chi connectivity index (χ1n) is 3.34. The smallest absolute Gasteiger partial charge is 0.257 e. The van der Waals surface area contributed by atoms with E-state index in [-0.39, 0.29) is 5.91 Å². The topological polar surface area (TPSA) is 66.3 Å². The second-order valence-corrected chi connectivity index (χ2v) is 3.11. The minimum atomic E-state index is -1.00. The maximum absolute atomic E-state index is 11.2. The van der Waals surface area contributed by atoms with Crippen LogP contribution in [0.5, 0.6) is 0 Å². The molecule has 0 aliphatic rings. The molecule has 0 aliphatic heterocycles. The molecular formula is C6H9N3O2S. The van der Waals surface area contributed by atoms with E-state index in [9.17, 15) is 4.79 Å². The highest BCUT2D eigenvalue weighted by Crippen LogP contribution is 2.14. The number of hydrogen-bond donors (Lipinski definition) is 1. The van der Waals surface area contributed by atoms with Gasteiger partial charge in [0.05, 0.1) is 0 Å². The molecule has 0 aliphatic carbocycles. The van der Waals surface area contributed by atoms with Crippen LogP contribution in [0.2, 0.25) is 0 Å². The molecule has 0 unspecified atom stereocenters. The van der Waals surface area contributed by atoms with Crippen molar-refractivity contribution in [1.82, 2.24) is 10.2 Å². The summed E-state index contributed by atoms with van der Waals surface area (Å²) >= 11 is 1.25. The molecule has 0 radical (unpaired) electrons. The lowest BCUT2D eigenvalue weighted by molar-refractivity contribution is -0.125. The molecule has 0 aromatic carbocycles. The first-order chi connectivity index (χ1) is 5.63. The van der Waals surface area contributed by atoms with Crippen LogP contribution >= 0.6 is 11.3 Å². The number of rotatable bonds is 2. The standard InChI is InChI=1S/C6H9N3O2S/c1-4(10)5(11)9(2)6-8-7-3-12-6/h3-4,10H,1-2H3/t4-/m0/s1. The van der Waals surface area contributed by atoms with E-state index >= 15 is 0 Å². The van der Waals surface area contributed by atoms with Crippen molar-refractivity contribution < 1.29 is 9.90 Å². The van der Waals surface area contributed by atoms with Gasteiger partial charge in [-0.1, -0.05) is 11.3 Å². The normalized spacial score (nSPS) is 12.6. The number of carbonyl (C=O) groups is 1. The number of aliphatic hydroxyl groups excluding tert-OH is 1. The first-order valence-corrected chi connectivity index (χ1v) is 4.22. The summed E-state index contributed by atoms with van der Waals surface area (Å²) in [6, 6.07) is 0. The Bertz CT molecular complexity index is 260. The number of anilines is 1. The van der Waals surface area contributed by atoms with Crippen LogP contribution in [0.25, 0.3) is 0 Å². The lowest BCUT2D eigenvalue weighted by Gasteiger charge is -2.14. The average Bonchev–Trinajstić information content (AvgIpc) is 2.53. The zero-order valence-electron chi connectivity index (χ0n) is 6.76. The van der Waals surface area contributed by atoms with Gasteiger partial charge in [-0.15, -0.1) is 10.2 Å². The zero-order chi connectivity index (χ0) is 9.14.